The summed E-state index contributed by atoms with van der Waals surface area (Å²) in [7, 11) is 0. The van der Waals surface area contributed by atoms with Crippen LogP contribution in [0.15, 0.2) is 54.9 Å². The van der Waals surface area contributed by atoms with Crippen LogP contribution in [0.25, 0.3) is 33.4 Å². The Bertz CT molecular complexity index is 1060. The van der Waals surface area contributed by atoms with Gasteiger partial charge >= 0.3 is 0 Å². The zero-order valence-corrected chi connectivity index (χ0v) is 15.0. The molecule has 1 aromatic carbocycles. The molecule has 0 unspecified atom stereocenters. The molecule has 0 aliphatic rings. The predicted octanol–water partition coefficient (Wildman–Crippen LogP) is 4.33. The summed E-state index contributed by atoms with van der Waals surface area (Å²) in [5.41, 5.74) is 5.00. The number of aromatic nitrogens is 4. The second kappa shape index (κ2) is 6.86. The van der Waals surface area contributed by atoms with E-state index in [-0.39, 0.29) is 6.61 Å². The number of rotatable bonds is 4. The molecule has 0 saturated carbocycles. The van der Waals surface area contributed by atoms with E-state index in [2.05, 4.69) is 10.1 Å². The summed E-state index contributed by atoms with van der Waals surface area (Å²) in [6, 6.07) is 13.5. The van der Waals surface area contributed by atoms with Crippen molar-refractivity contribution < 1.29 is 5.11 Å². The van der Waals surface area contributed by atoms with Crippen molar-refractivity contribution >= 4 is 22.6 Å². The third kappa shape index (κ3) is 2.75. The Balaban J connectivity index is 2.11. The standard InChI is InChI=1S/C20H17ClN4O/c1-2-25-20-15(11-23-25)18(14-8-9-17(21)22-10-14)16(12-26)19(24-20)13-6-4-3-5-7-13/h3-11,26H,2,12H2,1H3. The number of hydrogen-bond acceptors (Lipinski definition) is 4. The van der Waals surface area contributed by atoms with Gasteiger partial charge in [0.05, 0.1) is 18.5 Å². The minimum atomic E-state index is -0.136. The molecule has 1 N–H and O–H groups in total. The van der Waals surface area contributed by atoms with Crippen molar-refractivity contribution in [1.82, 2.24) is 19.7 Å². The van der Waals surface area contributed by atoms with E-state index in [0.29, 0.717) is 11.7 Å². The molecule has 4 rings (SSSR count). The molecular weight excluding hydrogens is 348 g/mol. The molecule has 0 bridgehead atoms. The maximum Gasteiger partial charge on any atom is 0.159 e. The number of benzene rings is 1. The van der Waals surface area contributed by atoms with Crippen molar-refractivity contribution in [3.8, 4) is 22.4 Å². The number of aliphatic hydroxyl groups is 1. The molecule has 0 radical (unpaired) electrons. The molecule has 0 fully saturated rings. The Hall–Kier alpha value is -2.76. The van der Waals surface area contributed by atoms with E-state index in [1.165, 1.54) is 0 Å². The van der Waals surface area contributed by atoms with Gasteiger partial charge in [-0.05, 0) is 19.1 Å². The molecule has 0 aliphatic heterocycles. The maximum atomic E-state index is 10.2. The molecule has 0 aliphatic carbocycles. The van der Waals surface area contributed by atoms with Gasteiger partial charge in [0.15, 0.2) is 5.65 Å². The van der Waals surface area contributed by atoms with Gasteiger partial charge in [0, 0.05) is 40.4 Å². The fraction of sp³-hybridized carbons (Fsp3) is 0.150. The molecule has 26 heavy (non-hydrogen) atoms. The minimum Gasteiger partial charge on any atom is -0.392 e. The third-order valence-electron chi connectivity index (χ3n) is 4.41. The Morgan fingerprint density at radius 3 is 2.50 bits per heavy atom. The van der Waals surface area contributed by atoms with Gasteiger partial charge in [-0.25, -0.2) is 14.6 Å². The van der Waals surface area contributed by atoms with E-state index < -0.39 is 0 Å². The SMILES string of the molecule is CCn1ncc2c(-c3ccc(Cl)nc3)c(CO)c(-c3ccccc3)nc21. The summed E-state index contributed by atoms with van der Waals surface area (Å²) in [4.78, 5) is 9.05. The lowest BCUT2D eigenvalue weighted by Crippen LogP contribution is -2.03. The van der Waals surface area contributed by atoms with Crippen LogP contribution in [0.2, 0.25) is 5.15 Å². The third-order valence-corrected chi connectivity index (χ3v) is 4.63. The first-order valence-corrected chi connectivity index (χ1v) is 8.77. The second-order valence-corrected chi connectivity index (χ2v) is 6.29. The fourth-order valence-corrected chi connectivity index (χ4v) is 3.31. The van der Waals surface area contributed by atoms with Crippen LogP contribution >= 0.6 is 11.6 Å². The number of halogens is 1. The van der Waals surface area contributed by atoms with Crippen LogP contribution in [0.5, 0.6) is 0 Å². The monoisotopic (exact) mass is 364 g/mol. The van der Waals surface area contributed by atoms with Gasteiger partial charge in [0.25, 0.3) is 0 Å². The first-order valence-electron chi connectivity index (χ1n) is 8.39. The first kappa shape index (κ1) is 16.7. The van der Waals surface area contributed by atoms with Gasteiger partial charge in [-0.2, -0.15) is 5.10 Å². The lowest BCUT2D eigenvalue weighted by atomic mass is 9.95. The van der Waals surface area contributed by atoms with Gasteiger partial charge in [-0.3, -0.25) is 0 Å². The second-order valence-electron chi connectivity index (χ2n) is 5.91. The summed E-state index contributed by atoms with van der Waals surface area (Å²) in [6.07, 6.45) is 3.51. The normalized spacial score (nSPS) is 11.2. The van der Waals surface area contributed by atoms with E-state index in [1.54, 1.807) is 18.5 Å². The van der Waals surface area contributed by atoms with E-state index in [0.717, 1.165) is 39.0 Å². The van der Waals surface area contributed by atoms with Crippen molar-refractivity contribution in [2.45, 2.75) is 20.1 Å². The van der Waals surface area contributed by atoms with Gasteiger partial charge in [-0.1, -0.05) is 41.9 Å². The predicted molar refractivity (Wildman–Crippen MR) is 103 cm³/mol. The van der Waals surface area contributed by atoms with E-state index in [1.807, 2.05) is 48.0 Å². The van der Waals surface area contributed by atoms with Crippen molar-refractivity contribution in [2.75, 3.05) is 0 Å². The summed E-state index contributed by atoms with van der Waals surface area (Å²) in [5, 5.41) is 16.0. The average molecular weight is 365 g/mol. The number of aryl methyl sites for hydroxylation is 1. The van der Waals surface area contributed by atoms with Gasteiger partial charge in [0.2, 0.25) is 0 Å². The highest BCUT2D eigenvalue weighted by molar-refractivity contribution is 6.29. The Kier molecular flexibility index (Phi) is 4.41. The fourth-order valence-electron chi connectivity index (χ4n) is 3.20. The Morgan fingerprint density at radius 1 is 1.04 bits per heavy atom. The van der Waals surface area contributed by atoms with Gasteiger partial charge in [-0.15, -0.1) is 0 Å². The highest BCUT2D eigenvalue weighted by Crippen LogP contribution is 2.37. The minimum absolute atomic E-state index is 0.136. The first-order chi connectivity index (χ1) is 12.7. The topological polar surface area (TPSA) is 63.8 Å². The number of hydrogen-bond donors (Lipinski definition) is 1. The van der Waals surface area contributed by atoms with Gasteiger partial charge in [0.1, 0.15) is 5.15 Å². The van der Waals surface area contributed by atoms with Crippen LogP contribution in [0.4, 0.5) is 0 Å². The Labute approximate surface area is 155 Å². The molecule has 5 nitrogen and oxygen atoms in total. The lowest BCUT2D eigenvalue weighted by molar-refractivity contribution is 0.282. The van der Waals surface area contributed by atoms with Gasteiger partial charge < -0.3 is 5.11 Å². The molecule has 0 saturated heterocycles. The van der Waals surface area contributed by atoms with Crippen molar-refractivity contribution in [3.05, 3.63) is 65.6 Å². The largest absolute Gasteiger partial charge is 0.392 e. The zero-order valence-electron chi connectivity index (χ0n) is 14.2. The molecule has 4 aromatic rings. The summed E-state index contributed by atoms with van der Waals surface area (Å²) >= 11 is 5.96. The van der Waals surface area contributed by atoms with Crippen LogP contribution in [0.1, 0.15) is 12.5 Å². The molecule has 0 atom stereocenters. The highest BCUT2D eigenvalue weighted by Gasteiger charge is 2.20. The Morgan fingerprint density at radius 2 is 1.85 bits per heavy atom. The molecule has 3 heterocycles. The van der Waals surface area contributed by atoms with Crippen molar-refractivity contribution in [2.24, 2.45) is 0 Å². The van der Waals surface area contributed by atoms with E-state index in [4.69, 9.17) is 16.6 Å². The van der Waals surface area contributed by atoms with Crippen LogP contribution in [-0.4, -0.2) is 24.9 Å². The molecule has 3 aromatic heterocycles. The number of pyridine rings is 2. The average Bonchev–Trinajstić information content (AvgIpc) is 3.10. The van der Waals surface area contributed by atoms with Crippen molar-refractivity contribution in [3.63, 3.8) is 0 Å². The van der Waals surface area contributed by atoms with Crippen molar-refractivity contribution in [1.29, 1.82) is 0 Å². The molecular formula is C20H17ClN4O. The smallest absolute Gasteiger partial charge is 0.159 e. The van der Waals surface area contributed by atoms with E-state index >= 15 is 0 Å². The quantitative estimate of drug-likeness (QED) is 0.547. The van der Waals surface area contributed by atoms with Crippen LogP contribution in [0.3, 0.4) is 0 Å². The number of fused-ring (bicyclic) bond motifs is 1. The number of aliphatic hydroxyl groups excluding tert-OH is 1. The number of nitrogens with zero attached hydrogens (tertiary/aromatic N) is 4. The summed E-state index contributed by atoms with van der Waals surface area (Å²) in [5.74, 6) is 0. The lowest BCUT2D eigenvalue weighted by Gasteiger charge is -2.15. The highest BCUT2D eigenvalue weighted by atomic mass is 35.5. The maximum absolute atomic E-state index is 10.2. The van der Waals surface area contributed by atoms with Crippen LogP contribution < -0.4 is 0 Å². The zero-order chi connectivity index (χ0) is 18.1. The van der Waals surface area contributed by atoms with E-state index in [9.17, 15) is 5.11 Å². The summed E-state index contributed by atoms with van der Waals surface area (Å²) in [6.45, 7) is 2.60. The molecule has 0 spiro atoms. The molecule has 130 valence electrons. The van der Waals surface area contributed by atoms with Crippen LogP contribution in [-0.2, 0) is 13.2 Å². The molecule has 0 amide bonds. The van der Waals surface area contributed by atoms with Crippen LogP contribution in [0, 0.1) is 0 Å². The molecule has 6 heteroatoms. The summed E-state index contributed by atoms with van der Waals surface area (Å²) < 4.78 is 1.86.